The largest absolute Gasteiger partial charge is 0.455 e. The van der Waals surface area contributed by atoms with Crippen LogP contribution in [-0.2, 0) is 4.79 Å². The number of halogens is 1. The van der Waals surface area contributed by atoms with Crippen molar-refractivity contribution in [3.63, 3.8) is 0 Å². The lowest BCUT2D eigenvalue weighted by molar-refractivity contribution is -0.126. The molecule has 2 aliphatic rings. The van der Waals surface area contributed by atoms with Gasteiger partial charge in [0.1, 0.15) is 11.6 Å². The number of benzene rings is 2. The predicted molar refractivity (Wildman–Crippen MR) is 116 cm³/mol. The average Bonchev–Trinajstić information content (AvgIpc) is 3.58. The Morgan fingerprint density at radius 1 is 1.06 bits per heavy atom. The summed E-state index contributed by atoms with van der Waals surface area (Å²) in [6, 6.07) is 12.8. The highest BCUT2D eigenvalue weighted by molar-refractivity contribution is 5.91. The maximum Gasteiger partial charge on any atom is 0.322 e. The number of nitrogens with one attached hydrogen (secondary N) is 2. The smallest absolute Gasteiger partial charge is 0.322 e. The fraction of sp³-hybridized carbons (Fsp3) is 0.391. The third-order valence-corrected chi connectivity index (χ3v) is 5.60. The quantitative estimate of drug-likeness (QED) is 0.742. The van der Waals surface area contributed by atoms with E-state index in [0.29, 0.717) is 49.4 Å². The van der Waals surface area contributed by atoms with E-state index >= 15 is 0 Å². The van der Waals surface area contributed by atoms with E-state index in [2.05, 4.69) is 15.5 Å². The number of nitrogens with zero attached hydrogens (tertiary/aromatic N) is 2. The van der Waals surface area contributed by atoms with E-state index in [0.717, 1.165) is 12.8 Å². The molecule has 4 rings (SSSR count). The number of carbonyl (C=O) groups is 2. The number of rotatable bonds is 6. The average molecular weight is 426 g/mol. The van der Waals surface area contributed by atoms with Crippen LogP contribution in [-0.4, -0.2) is 60.0 Å². The van der Waals surface area contributed by atoms with Crippen molar-refractivity contribution in [3.05, 3.63) is 54.3 Å². The number of para-hydroxylation sites is 2. The Morgan fingerprint density at radius 3 is 2.52 bits per heavy atom. The van der Waals surface area contributed by atoms with Crippen LogP contribution in [0.15, 0.2) is 48.5 Å². The lowest BCUT2D eigenvalue weighted by atomic mass is 10.2. The molecule has 1 unspecified atom stereocenters. The molecule has 2 N–H and O–H groups in total. The summed E-state index contributed by atoms with van der Waals surface area (Å²) in [4.78, 5) is 28.9. The number of hydrogen-bond donors (Lipinski definition) is 2. The van der Waals surface area contributed by atoms with E-state index in [9.17, 15) is 14.0 Å². The molecule has 0 bridgehead atoms. The predicted octanol–water partition coefficient (Wildman–Crippen LogP) is 3.43. The lowest BCUT2D eigenvalue weighted by Crippen LogP contribution is -2.55. The fourth-order valence-corrected chi connectivity index (χ4v) is 3.54. The van der Waals surface area contributed by atoms with Crippen molar-refractivity contribution in [2.75, 3.05) is 31.5 Å². The maximum absolute atomic E-state index is 13.4. The number of ether oxygens (including phenoxy) is 1. The summed E-state index contributed by atoms with van der Waals surface area (Å²) in [6.07, 6.45) is 2.13. The minimum Gasteiger partial charge on any atom is -0.455 e. The normalized spacial score (nSPS) is 17.7. The monoisotopic (exact) mass is 426 g/mol. The first-order valence-electron chi connectivity index (χ1n) is 10.6. The van der Waals surface area contributed by atoms with Crippen molar-refractivity contribution in [2.45, 2.75) is 31.8 Å². The van der Waals surface area contributed by atoms with Gasteiger partial charge in [-0.2, -0.15) is 0 Å². The van der Waals surface area contributed by atoms with Gasteiger partial charge in [-0.15, -0.1) is 0 Å². The Balaban J connectivity index is 1.32. The van der Waals surface area contributed by atoms with Crippen molar-refractivity contribution in [1.82, 2.24) is 15.1 Å². The lowest BCUT2D eigenvalue weighted by Gasteiger charge is -2.37. The molecule has 31 heavy (non-hydrogen) atoms. The van der Waals surface area contributed by atoms with Gasteiger partial charge >= 0.3 is 6.03 Å². The zero-order chi connectivity index (χ0) is 21.8. The molecule has 7 nitrogen and oxygen atoms in total. The number of anilines is 1. The van der Waals surface area contributed by atoms with Gasteiger partial charge in [0.05, 0.1) is 11.7 Å². The maximum atomic E-state index is 13.4. The van der Waals surface area contributed by atoms with Crippen LogP contribution in [0.3, 0.4) is 0 Å². The summed E-state index contributed by atoms with van der Waals surface area (Å²) in [5.41, 5.74) is 0.511. The van der Waals surface area contributed by atoms with Gasteiger partial charge in [0, 0.05) is 38.3 Å². The second kappa shape index (κ2) is 9.34. The molecule has 1 aliphatic heterocycles. The van der Waals surface area contributed by atoms with Crippen molar-refractivity contribution in [3.8, 4) is 11.5 Å². The molecular weight excluding hydrogens is 399 g/mol. The molecule has 1 aliphatic carbocycles. The molecule has 1 saturated heterocycles. The van der Waals surface area contributed by atoms with Crippen LogP contribution in [0.4, 0.5) is 14.9 Å². The Kier molecular flexibility index (Phi) is 6.36. The van der Waals surface area contributed by atoms with Crippen LogP contribution in [0.1, 0.15) is 19.8 Å². The highest BCUT2D eigenvalue weighted by Gasteiger charge is 2.31. The zero-order valence-electron chi connectivity index (χ0n) is 17.5. The number of amides is 3. The van der Waals surface area contributed by atoms with Crippen molar-refractivity contribution in [1.29, 1.82) is 0 Å². The first kappa shape index (κ1) is 21.1. The Hall–Kier alpha value is -3.13. The SMILES string of the molecule is CC(C(=O)NC1CC1)N1CCN(C(=O)Nc2ccccc2Oc2cccc(F)c2)CC1. The van der Waals surface area contributed by atoms with E-state index in [1.165, 1.54) is 12.1 Å². The van der Waals surface area contributed by atoms with E-state index in [4.69, 9.17) is 4.74 Å². The fourth-order valence-electron chi connectivity index (χ4n) is 3.54. The molecule has 0 spiro atoms. The van der Waals surface area contributed by atoms with Gasteiger partial charge in [-0.3, -0.25) is 9.69 Å². The van der Waals surface area contributed by atoms with E-state index in [1.807, 2.05) is 6.92 Å². The van der Waals surface area contributed by atoms with Gasteiger partial charge in [0.2, 0.25) is 5.91 Å². The van der Waals surface area contributed by atoms with E-state index in [-0.39, 0.29) is 18.0 Å². The molecule has 1 heterocycles. The van der Waals surface area contributed by atoms with Gasteiger partial charge in [0.15, 0.2) is 5.75 Å². The third-order valence-electron chi connectivity index (χ3n) is 5.60. The van der Waals surface area contributed by atoms with Crippen LogP contribution in [0, 0.1) is 5.82 Å². The van der Waals surface area contributed by atoms with Gasteiger partial charge in [-0.25, -0.2) is 9.18 Å². The number of hydrogen-bond acceptors (Lipinski definition) is 4. The van der Waals surface area contributed by atoms with E-state index in [1.54, 1.807) is 41.3 Å². The first-order valence-corrected chi connectivity index (χ1v) is 10.6. The molecule has 2 aromatic carbocycles. The Bertz CT molecular complexity index is 942. The second-order valence-electron chi connectivity index (χ2n) is 7.97. The van der Waals surface area contributed by atoms with Crippen molar-refractivity contribution >= 4 is 17.6 Å². The van der Waals surface area contributed by atoms with Crippen LogP contribution in [0.25, 0.3) is 0 Å². The summed E-state index contributed by atoms with van der Waals surface area (Å²) in [5, 5.41) is 5.92. The van der Waals surface area contributed by atoms with Crippen LogP contribution in [0.5, 0.6) is 11.5 Å². The molecule has 2 aromatic rings. The van der Waals surface area contributed by atoms with Crippen LogP contribution < -0.4 is 15.4 Å². The summed E-state index contributed by atoms with van der Waals surface area (Å²) < 4.78 is 19.2. The molecule has 164 valence electrons. The molecule has 0 aromatic heterocycles. The minimum absolute atomic E-state index is 0.0591. The van der Waals surface area contributed by atoms with Crippen molar-refractivity contribution in [2.24, 2.45) is 0 Å². The summed E-state index contributed by atoms with van der Waals surface area (Å²) >= 11 is 0. The van der Waals surface area contributed by atoms with Crippen LogP contribution >= 0.6 is 0 Å². The van der Waals surface area contributed by atoms with Crippen LogP contribution in [0.2, 0.25) is 0 Å². The summed E-state index contributed by atoms with van der Waals surface area (Å²) in [7, 11) is 0. The second-order valence-corrected chi connectivity index (χ2v) is 7.97. The van der Waals surface area contributed by atoms with E-state index < -0.39 is 5.82 Å². The molecular formula is C23H27FN4O3. The number of piperazine rings is 1. The standard InChI is InChI=1S/C23H27FN4O3/c1-16(22(29)25-18-9-10-18)27-11-13-28(14-12-27)23(30)26-20-7-2-3-8-21(20)31-19-6-4-5-17(24)15-19/h2-8,15-16,18H,9-14H2,1H3,(H,25,29)(H,26,30). The number of carbonyl (C=O) groups excluding carboxylic acids is 2. The molecule has 1 atom stereocenters. The molecule has 1 saturated carbocycles. The highest BCUT2D eigenvalue weighted by Crippen LogP contribution is 2.30. The van der Waals surface area contributed by atoms with Gasteiger partial charge in [0.25, 0.3) is 0 Å². The Morgan fingerprint density at radius 2 is 1.81 bits per heavy atom. The zero-order valence-corrected chi connectivity index (χ0v) is 17.5. The topological polar surface area (TPSA) is 73.9 Å². The van der Waals surface area contributed by atoms with Gasteiger partial charge in [-0.05, 0) is 44.0 Å². The molecule has 2 fully saturated rings. The van der Waals surface area contributed by atoms with Crippen molar-refractivity contribution < 1.29 is 18.7 Å². The summed E-state index contributed by atoms with van der Waals surface area (Å²) in [6.45, 7) is 4.23. The first-order chi connectivity index (χ1) is 15.0. The highest BCUT2D eigenvalue weighted by atomic mass is 19.1. The third kappa shape index (κ3) is 5.52. The van der Waals surface area contributed by atoms with Gasteiger partial charge in [-0.1, -0.05) is 18.2 Å². The Labute approximate surface area is 181 Å². The molecule has 3 amide bonds. The van der Waals surface area contributed by atoms with Gasteiger partial charge < -0.3 is 20.3 Å². The molecule has 0 radical (unpaired) electrons. The minimum atomic E-state index is -0.392. The summed E-state index contributed by atoms with van der Waals surface area (Å²) in [5.74, 6) is 0.458. The molecule has 8 heteroatoms. The number of urea groups is 1.